The zero-order valence-electron chi connectivity index (χ0n) is 40.2. The number of nitrogens with zero attached hydrogens (tertiary/aromatic N) is 1. The smallest absolute Gasteiger partial charge is 0.242 e. The molecule has 0 aliphatic rings. The van der Waals surface area contributed by atoms with Crippen LogP contribution in [0.25, 0.3) is 65.7 Å². The van der Waals surface area contributed by atoms with Crippen LogP contribution in [-0.2, 0) is 0 Å². The second-order valence-electron chi connectivity index (χ2n) is 19.0. The fourth-order valence-electron chi connectivity index (χ4n) is 11.4. The van der Waals surface area contributed by atoms with Crippen LogP contribution < -0.4 is 21.3 Å². The summed E-state index contributed by atoms with van der Waals surface area (Å²) in [6.07, 6.45) is 0. The molecule has 0 spiro atoms. The predicted molar refractivity (Wildman–Crippen MR) is 298 cm³/mol. The van der Waals surface area contributed by atoms with Crippen LogP contribution in [0.15, 0.2) is 212 Å². The lowest BCUT2D eigenvalue weighted by Gasteiger charge is -2.25. The molecule has 0 atom stereocenters. The highest BCUT2D eigenvalue weighted by atomic mass is 16.3. The normalized spacial score (nSPS) is 11.4. The Morgan fingerprint density at radius 1 is 0.319 bits per heavy atom. The fourth-order valence-corrected chi connectivity index (χ4v) is 11.4. The van der Waals surface area contributed by atoms with E-state index in [1.54, 1.807) is 0 Å². The van der Waals surface area contributed by atoms with Gasteiger partial charge in [-0.05, 0) is 156 Å². The van der Waals surface area contributed by atoms with Crippen LogP contribution in [0.4, 0.5) is 17.1 Å². The molecule has 69 heavy (non-hydrogen) atoms. The number of aromatic hydroxyl groups is 1. The van der Waals surface area contributed by atoms with Gasteiger partial charge in [-0.3, -0.25) is 0 Å². The Balaban J connectivity index is 0.986. The maximum absolute atomic E-state index is 12.0. The zero-order chi connectivity index (χ0) is 47.3. The number of benzene rings is 11. The lowest BCUT2D eigenvalue weighted by atomic mass is 9.34. The van der Waals surface area contributed by atoms with E-state index in [0.717, 1.165) is 55.5 Å². The van der Waals surface area contributed by atoms with Gasteiger partial charge in [-0.1, -0.05) is 207 Å². The summed E-state index contributed by atoms with van der Waals surface area (Å²) in [6.45, 7) is 13.6. The quantitative estimate of drug-likeness (QED) is 0.115. The molecule has 11 aromatic carbocycles. The van der Waals surface area contributed by atoms with Crippen molar-refractivity contribution in [2.45, 2.75) is 41.5 Å². The Kier molecular flexibility index (Phi) is 11.2. The van der Waals surface area contributed by atoms with Gasteiger partial charge in [0.15, 0.2) is 0 Å². The molecular formula is C66H54BNO. The van der Waals surface area contributed by atoms with Crippen molar-refractivity contribution >= 4 is 72.5 Å². The van der Waals surface area contributed by atoms with Crippen LogP contribution >= 0.6 is 0 Å². The van der Waals surface area contributed by atoms with E-state index in [1.165, 1.54) is 77.1 Å². The van der Waals surface area contributed by atoms with Gasteiger partial charge in [0.25, 0.3) is 0 Å². The maximum Gasteiger partial charge on any atom is 0.242 e. The number of hydrogen-bond acceptors (Lipinski definition) is 2. The van der Waals surface area contributed by atoms with Crippen molar-refractivity contribution in [1.29, 1.82) is 0 Å². The Bertz CT molecular complexity index is 3580. The molecule has 2 nitrogen and oxygen atoms in total. The van der Waals surface area contributed by atoms with Gasteiger partial charge in [0, 0.05) is 22.6 Å². The molecule has 332 valence electrons. The molecule has 0 bridgehead atoms. The monoisotopic (exact) mass is 887 g/mol. The van der Waals surface area contributed by atoms with E-state index in [-0.39, 0.29) is 12.5 Å². The molecule has 0 radical (unpaired) electrons. The summed E-state index contributed by atoms with van der Waals surface area (Å²) >= 11 is 0. The molecule has 0 saturated heterocycles. The number of rotatable bonds is 9. The Hall–Kier alpha value is -8.14. The first-order chi connectivity index (χ1) is 33.6. The van der Waals surface area contributed by atoms with Gasteiger partial charge in [0.2, 0.25) is 6.71 Å². The summed E-state index contributed by atoms with van der Waals surface area (Å²) in [7, 11) is 0. The summed E-state index contributed by atoms with van der Waals surface area (Å²) in [5, 5.41) is 19.0. The summed E-state index contributed by atoms with van der Waals surface area (Å²) in [5.74, 6) is 0.252. The van der Waals surface area contributed by atoms with Crippen LogP contribution in [0.2, 0.25) is 0 Å². The van der Waals surface area contributed by atoms with Crippen molar-refractivity contribution in [2.24, 2.45) is 0 Å². The molecule has 0 unspecified atom stereocenters. The van der Waals surface area contributed by atoms with E-state index in [2.05, 4.69) is 241 Å². The Morgan fingerprint density at radius 2 is 0.725 bits per heavy atom. The minimum Gasteiger partial charge on any atom is -0.507 e. The second-order valence-corrected chi connectivity index (χ2v) is 19.0. The molecule has 1 N–H and O–H groups in total. The zero-order valence-corrected chi connectivity index (χ0v) is 40.2. The third-order valence-corrected chi connectivity index (χ3v) is 14.3. The molecular weight excluding hydrogens is 834 g/mol. The van der Waals surface area contributed by atoms with E-state index in [1.807, 2.05) is 18.2 Å². The van der Waals surface area contributed by atoms with Gasteiger partial charge in [-0.15, -0.1) is 0 Å². The molecule has 3 heteroatoms. The first kappa shape index (κ1) is 43.4. The molecule has 0 fully saturated rings. The van der Waals surface area contributed by atoms with Crippen molar-refractivity contribution < 1.29 is 5.11 Å². The average molecular weight is 888 g/mol. The number of phenolic OH excluding ortho intramolecular Hbond substituents is 1. The number of anilines is 3. The average Bonchev–Trinajstić information content (AvgIpc) is 3.36. The first-order valence-corrected chi connectivity index (χ1v) is 24.1. The van der Waals surface area contributed by atoms with E-state index in [0.29, 0.717) is 0 Å². The highest BCUT2D eigenvalue weighted by Gasteiger charge is 2.29. The number of para-hydroxylation sites is 2. The molecule has 11 aromatic rings. The van der Waals surface area contributed by atoms with Gasteiger partial charge in [0.1, 0.15) is 5.75 Å². The SMILES string of the molecule is Cc1cc(C)c(B(c2ccc(-c3cc4c5ccccc5c(-c5ccc(-c6ccc(N(c7ccccc7)c7ccccc7)cc6)cc5O)cc4c4ccccc34)cc2)c2c(C)cc(C)cc2C)c(C)c1. The summed E-state index contributed by atoms with van der Waals surface area (Å²) < 4.78 is 0. The number of aryl methyl sites for hydroxylation is 6. The summed E-state index contributed by atoms with van der Waals surface area (Å²) in [6, 6.07) is 76.5. The Labute approximate surface area is 406 Å². The minimum absolute atomic E-state index is 0.109. The van der Waals surface area contributed by atoms with E-state index >= 15 is 0 Å². The molecule has 0 amide bonds. The fraction of sp³-hybridized carbons (Fsp3) is 0.0909. The van der Waals surface area contributed by atoms with Gasteiger partial charge in [0.05, 0.1) is 0 Å². The van der Waals surface area contributed by atoms with Gasteiger partial charge >= 0.3 is 0 Å². The number of hydrogen-bond donors (Lipinski definition) is 1. The lowest BCUT2D eigenvalue weighted by molar-refractivity contribution is 0.477. The van der Waals surface area contributed by atoms with E-state index in [9.17, 15) is 5.11 Å². The summed E-state index contributed by atoms with van der Waals surface area (Å²) in [5.41, 5.74) is 21.5. The maximum atomic E-state index is 12.0. The van der Waals surface area contributed by atoms with Crippen molar-refractivity contribution in [3.05, 3.63) is 246 Å². The van der Waals surface area contributed by atoms with Gasteiger partial charge < -0.3 is 10.0 Å². The van der Waals surface area contributed by atoms with Crippen LogP contribution in [0, 0.1) is 41.5 Å². The highest BCUT2D eigenvalue weighted by Crippen LogP contribution is 2.44. The number of phenols is 1. The third kappa shape index (κ3) is 7.94. The molecule has 0 aliphatic carbocycles. The Morgan fingerprint density at radius 3 is 1.22 bits per heavy atom. The van der Waals surface area contributed by atoms with Crippen molar-refractivity contribution in [2.75, 3.05) is 4.90 Å². The third-order valence-electron chi connectivity index (χ3n) is 14.3. The van der Waals surface area contributed by atoms with E-state index < -0.39 is 0 Å². The molecule has 0 heterocycles. The van der Waals surface area contributed by atoms with Gasteiger partial charge in [-0.25, -0.2) is 0 Å². The standard InChI is InChI=1S/C66H54BNO/c1-42-35-44(3)65(45(4)36-42)67(66-46(5)37-43(2)38-47(66)6)51-30-25-49(26-31-51)60-40-62-58-24-16-15-23-57(58)61(41-63(62)56-22-14-13-21-55(56)60)59-34-29-50(39-64(59)69)48-27-32-54(33-28-48)68(52-17-9-7-10-18-52)53-19-11-8-12-20-53/h7-41,69H,1-6H3. The molecule has 0 aliphatic heterocycles. The van der Waals surface area contributed by atoms with Crippen molar-refractivity contribution in [3.8, 4) is 39.1 Å². The predicted octanol–water partition coefficient (Wildman–Crippen LogP) is 15.7. The highest BCUT2D eigenvalue weighted by molar-refractivity contribution is 6.96. The van der Waals surface area contributed by atoms with Crippen LogP contribution in [0.5, 0.6) is 5.75 Å². The number of fused-ring (bicyclic) bond motifs is 5. The molecule has 0 aromatic heterocycles. The topological polar surface area (TPSA) is 23.5 Å². The van der Waals surface area contributed by atoms with Crippen molar-refractivity contribution in [3.63, 3.8) is 0 Å². The largest absolute Gasteiger partial charge is 0.507 e. The lowest BCUT2D eigenvalue weighted by Crippen LogP contribution is -2.55. The summed E-state index contributed by atoms with van der Waals surface area (Å²) in [4.78, 5) is 2.26. The van der Waals surface area contributed by atoms with Crippen LogP contribution in [-0.4, -0.2) is 11.8 Å². The van der Waals surface area contributed by atoms with Gasteiger partial charge in [-0.2, -0.15) is 0 Å². The first-order valence-electron chi connectivity index (χ1n) is 24.1. The molecule has 11 rings (SSSR count). The van der Waals surface area contributed by atoms with Crippen LogP contribution in [0.1, 0.15) is 33.4 Å². The van der Waals surface area contributed by atoms with Crippen molar-refractivity contribution in [1.82, 2.24) is 0 Å². The minimum atomic E-state index is 0.109. The molecule has 0 saturated carbocycles. The van der Waals surface area contributed by atoms with Crippen LogP contribution in [0.3, 0.4) is 0 Å². The second kappa shape index (κ2) is 17.8. The van der Waals surface area contributed by atoms with E-state index in [4.69, 9.17) is 0 Å².